The van der Waals surface area contributed by atoms with Gasteiger partial charge >= 0.3 is 12.1 Å². The summed E-state index contributed by atoms with van der Waals surface area (Å²) in [5, 5.41) is 9.19. The van der Waals surface area contributed by atoms with Crippen LogP contribution < -0.4 is 4.74 Å². The molecule has 1 aromatic carbocycles. The summed E-state index contributed by atoms with van der Waals surface area (Å²) in [6.45, 7) is -0.224. The fourth-order valence-electron chi connectivity index (χ4n) is 1.78. The molecule has 0 saturated carbocycles. The van der Waals surface area contributed by atoms with Crippen molar-refractivity contribution in [2.75, 3.05) is 6.61 Å². The molecule has 4 nitrogen and oxygen atoms in total. The third kappa shape index (κ3) is 3.97. The number of pyridine rings is 1. The van der Waals surface area contributed by atoms with E-state index in [9.17, 15) is 23.1 Å². The molecular formula is C15H12F3NO3. The molecule has 0 aliphatic heterocycles. The summed E-state index contributed by atoms with van der Waals surface area (Å²) >= 11 is 0. The zero-order valence-electron chi connectivity index (χ0n) is 11.2. The van der Waals surface area contributed by atoms with Gasteiger partial charge < -0.3 is 9.84 Å². The van der Waals surface area contributed by atoms with E-state index >= 15 is 0 Å². The van der Waals surface area contributed by atoms with Gasteiger partial charge in [-0.2, -0.15) is 13.2 Å². The molecule has 1 heterocycles. The summed E-state index contributed by atoms with van der Waals surface area (Å²) in [4.78, 5) is 15.2. The maximum Gasteiger partial charge on any atom is 0.416 e. The van der Waals surface area contributed by atoms with Gasteiger partial charge in [0.05, 0.1) is 11.3 Å². The lowest BCUT2D eigenvalue weighted by molar-refractivity contribution is -0.139. The van der Waals surface area contributed by atoms with E-state index in [4.69, 9.17) is 4.74 Å². The summed E-state index contributed by atoms with van der Waals surface area (Å²) < 4.78 is 42.6. The Morgan fingerprint density at radius 2 is 1.86 bits per heavy atom. The molecule has 1 atom stereocenters. The van der Waals surface area contributed by atoms with Crippen LogP contribution in [0.15, 0.2) is 48.7 Å². The lowest BCUT2D eigenvalue weighted by atomic mass is 10.1. The highest BCUT2D eigenvalue weighted by molar-refractivity contribution is 5.75. The van der Waals surface area contributed by atoms with E-state index in [0.717, 1.165) is 24.3 Å². The van der Waals surface area contributed by atoms with Crippen molar-refractivity contribution in [3.8, 4) is 5.75 Å². The third-order valence-corrected chi connectivity index (χ3v) is 2.94. The second-order valence-corrected chi connectivity index (χ2v) is 4.48. The highest BCUT2D eigenvalue weighted by atomic mass is 19.4. The molecule has 7 heteroatoms. The predicted octanol–water partition coefficient (Wildman–Crippen LogP) is 3.35. The van der Waals surface area contributed by atoms with Crippen molar-refractivity contribution in [2.24, 2.45) is 0 Å². The van der Waals surface area contributed by atoms with Gasteiger partial charge in [-0.1, -0.05) is 6.07 Å². The maximum atomic E-state index is 12.4. The van der Waals surface area contributed by atoms with E-state index in [1.807, 2.05) is 0 Å². The largest absolute Gasteiger partial charge is 0.492 e. The summed E-state index contributed by atoms with van der Waals surface area (Å²) in [5.41, 5.74) is -0.471. The molecule has 22 heavy (non-hydrogen) atoms. The Balaban J connectivity index is 2.06. The summed E-state index contributed by atoms with van der Waals surface area (Å²) in [5.74, 6) is -1.95. The quantitative estimate of drug-likeness (QED) is 0.920. The normalized spacial score (nSPS) is 12.7. The Bertz CT molecular complexity index is 627. The number of hydrogen-bond acceptors (Lipinski definition) is 3. The highest BCUT2D eigenvalue weighted by Crippen LogP contribution is 2.30. The number of benzene rings is 1. The Morgan fingerprint density at radius 3 is 2.36 bits per heavy atom. The standard InChI is InChI=1S/C15H12F3NO3/c16-15(17,18)10-4-6-11(7-5-10)22-9-12(14(20)21)13-3-1-2-8-19-13/h1-8,12H,9H2,(H,20,21). The van der Waals surface area contributed by atoms with E-state index in [0.29, 0.717) is 5.69 Å². The van der Waals surface area contributed by atoms with Crippen molar-refractivity contribution in [1.29, 1.82) is 0 Å². The number of ether oxygens (including phenoxy) is 1. The Hall–Kier alpha value is -2.57. The van der Waals surface area contributed by atoms with Crippen LogP contribution in [0.3, 0.4) is 0 Å². The Labute approximate surface area is 124 Å². The summed E-state index contributed by atoms with van der Waals surface area (Å²) in [7, 11) is 0. The Morgan fingerprint density at radius 1 is 1.18 bits per heavy atom. The molecule has 1 aromatic heterocycles. The predicted molar refractivity (Wildman–Crippen MR) is 71.6 cm³/mol. The first-order valence-electron chi connectivity index (χ1n) is 6.31. The van der Waals surface area contributed by atoms with Crippen LogP contribution in [0.25, 0.3) is 0 Å². The Kier molecular flexibility index (Phi) is 4.65. The van der Waals surface area contributed by atoms with Crippen molar-refractivity contribution in [3.05, 3.63) is 59.9 Å². The van der Waals surface area contributed by atoms with E-state index < -0.39 is 23.6 Å². The monoisotopic (exact) mass is 311 g/mol. The number of hydrogen-bond donors (Lipinski definition) is 1. The number of rotatable bonds is 5. The molecule has 0 radical (unpaired) electrons. The van der Waals surface area contributed by atoms with Crippen molar-refractivity contribution >= 4 is 5.97 Å². The SMILES string of the molecule is O=C(O)C(COc1ccc(C(F)(F)F)cc1)c1ccccn1. The van der Waals surface area contributed by atoms with Crippen LogP contribution in [0.2, 0.25) is 0 Å². The van der Waals surface area contributed by atoms with Gasteiger partial charge in [-0.25, -0.2) is 0 Å². The van der Waals surface area contributed by atoms with Crippen LogP contribution >= 0.6 is 0 Å². The van der Waals surface area contributed by atoms with Crippen LogP contribution in [0.4, 0.5) is 13.2 Å². The minimum atomic E-state index is -4.42. The third-order valence-electron chi connectivity index (χ3n) is 2.94. The van der Waals surface area contributed by atoms with E-state index in [1.54, 1.807) is 18.2 Å². The van der Waals surface area contributed by atoms with Gasteiger partial charge in [0.1, 0.15) is 18.3 Å². The lowest BCUT2D eigenvalue weighted by Gasteiger charge is -2.14. The fourth-order valence-corrected chi connectivity index (χ4v) is 1.78. The zero-order valence-corrected chi connectivity index (χ0v) is 11.2. The number of carbonyl (C=O) groups is 1. The van der Waals surface area contributed by atoms with Crippen molar-refractivity contribution in [2.45, 2.75) is 12.1 Å². The molecule has 0 fully saturated rings. The lowest BCUT2D eigenvalue weighted by Crippen LogP contribution is -2.20. The second kappa shape index (κ2) is 6.46. The smallest absolute Gasteiger partial charge is 0.416 e. The van der Waals surface area contributed by atoms with Crippen LogP contribution in [0.5, 0.6) is 5.75 Å². The molecule has 0 aliphatic rings. The van der Waals surface area contributed by atoms with Crippen molar-refractivity contribution < 1.29 is 27.8 Å². The van der Waals surface area contributed by atoms with Gasteiger partial charge in [0, 0.05) is 6.20 Å². The van der Waals surface area contributed by atoms with Crippen LogP contribution in [-0.2, 0) is 11.0 Å². The fraction of sp³-hybridized carbons (Fsp3) is 0.200. The number of aliphatic carboxylic acids is 1. The van der Waals surface area contributed by atoms with Gasteiger partial charge in [0.25, 0.3) is 0 Å². The average Bonchev–Trinajstić information content (AvgIpc) is 2.48. The van der Waals surface area contributed by atoms with Gasteiger partial charge in [0.15, 0.2) is 0 Å². The molecule has 2 rings (SSSR count). The molecule has 0 amide bonds. The van der Waals surface area contributed by atoms with E-state index in [2.05, 4.69) is 4.98 Å². The molecule has 0 saturated heterocycles. The summed E-state index contributed by atoms with van der Waals surface area (Å²) in [6, 6.07) is 8.92. The zero-order chi connectivity index (χ0) is 16.2. The minimum Gasteiger partial charge on any atom is -0.492 e. The van der Waals surface area contributed by atoms with Crippen molar-refractivity contribution in [1.82, 2.24) is 4.98 Å². The number of nitrogens with zero attached hydrogens (tertiary/aromatic N) is 1. The van der Waals surface area contributed by atoms with E-state index in [1.165, 1.54) is 6.20 Å². The number of carboxylic acid groups (broad SMARTS) is 1. The number of halogens is 3. The van der Waals surface area contributed by atoms with Gasteiger partial charge in [-0.05, 0) is 36.4 Å². The number of alkyl halides is 3. The van der Waals surface area contributed by atoms with Gasteiger partial charge in [-0.3, -0.25) is 9.78 Å². The van der Waals surface area contributed by atoms with Gasteiger partial charge in [0.2, 0.25) is 0 Å². The van der Waals surface area contributed by atoms with Gasteiger partial charge in [-0.15, -0.1) is 0 Å². The molecule has 0 bridgehead atoms. The minimum absolute atomic E-state index is 0.162. The van der Waals surface area contributed by atoms with Crippen molar-refractivity contribution in [3.63, 3.8) is 0 Å². The molecule has 1 N–H and O–H groups in total. The van der Waals surface area contributed by atoms with Crippen LogP contribution in [0.1, 0.15) is 17.2 Å². The number of carboxylic acids is 1. The first kappa shape index (κ1) is 15.8. The maximum absolute atomic E-state index is 12.4. The second-order valence-electron chi connectivity index (χ2n) is 4.48. The molecule has 1 unspecified atom stereocenters. The summed E-state index contributed by atoms with van der Waals surface area (Å²) in [6.07, 6.45) is -2.96. The molecule has 116 valence electrons. The average molecular weight is 311 g/mol. The van der Waals surface area contributed by atoms with Crippen LogP contribution in [-0.4, -0.2) is 22.7 Å². The topological polar surface area (TPSA) is 59.4 Å². The highest BCUT2D eigenvalue weighted by Gasteiger charge is 2.30. The molecule has 2 aromatic rings. The molecule has 0 aliphatic carbocycles. The molecular weight excluding hydrogens is 299 g/mol. The number of aromatic nitrogens is 1. The van der Waals surface area contributed by atoms with E-state index in [-0.39, 0.29) is 12.4 Å². The van der Waals surface area contributed by atoms with Crippen LogP contribution in [0, 0.1) is 0 Å². The first-order valence-corrected chi connectivity index (χ1v) is 6.31. The molecule has 0 spiro atoms. The first-order chi connectivity index (χ1) is 10.4.